The zero-order valence-electron chi connectivity index (χ0n) is 16.2. The van der Waals surface area contributed by atoms with Gasteiger partial charge in [-0.2, -0.15) is 0 Å². The van der Waals surface area contributed by atoms with Crippen molar-refractivity contribution in [3.63, 3.8) is 0 Å². The number of carbonyl (C=O) groups is 3. The highest BCUT2D eigenvalue weighted by Gasteiger charge is 2.50. The average molecular weight is 355 g/mol. The van der Waals surface area contributed by atoms with Gasteiger partial charge in [-0.05, 0) is 38.5 Å². The number of nitrogens with one attached hydrogen (secondary N) is 2. The Kier molecular flexibility index (Phi) is 7.56. The number of Topliss-reactive ketones (excluding diaryl/α,β-unsaturated/α-hetero) is 1. The minimum atomic E-state index is -0.793. The first-order valence-electron chi connectivity index (χ1n) is 9.01. The van der Waals surface area contributed by atoms with E-state index in [4.69, 9.17) is 10.5 Å². The van der Waals surface area contributed by atoms with Gasteiger partial charge in [-0.25, -0.2) is 0 Å². The van der Waals surface area contributed by atoms with Crippen molar-refractivity contribution in [3.8, 4) is 0 Å². The van der Waals surface area contributed by atoms with Gasteiger partial charge in [0.25, 0.3) is 0 Å². The highest BCUT2D eigenvalue weighted by Crippen LogP contribution is 2.29. The second kappa shape index (κ2) is 8.76. The number of hydrogen-bond donors (Lipinski definition) is 3. The number of hydrogen-bond acceptors (Lipinski definition) is 5. The summed E-state index contributed by atoms with van der Waals surface area (Å²) in [4.78, 5) is 37.0. The van der Waals surface area contributed by atoms with E-state index in [2.05, 4.69) is 10.6 Å². The van der Waals surface area contributed by atoms with Crippen molar-refractivity contribution in [2.24, 2.45) is 17.6 Å². The van der Waals surface area contributed by atoms with Crippen molar-refractivity contribution in [3.05, 3.63) is 0 Å². The molecule has 1 aliphatic heterocycles. The molecule has 144 valence electrons. The molecule has 1 saturated heterocycles. The maximum absolute atomic E-state index is 12.5. The molecule has 0 unspecified atom stereocenters. The van der Waals surface area contributed by atoms with E-state index in [0.717, 1.165) is 0 Å². The molecule has 25 heavy (non-hydrogen) atoms. The third-order valence-corrected chi connectivity index (χ3v) is 4.25. The molecule has 7 heteroatoms. The molecular formula is C18H33N3O4. The summed E-state index contributed by atoms with van der Waals surface area (Å²) in [6.07, 6.45) is 1.07. The molecule has 0 aromatic rings. The van der Waals surface area contributed by atoms with Gasteiger partial charge in [0, 0.05) is 0 Å². The molecule has 7 nitrogen and oxygen atoms in total. The van der Waals surface area contributed by atoms with E-state index in [-0.39, 0.29) is 23.5 Å². The van der Waals surface area contributed by atoms with Crippen LogP contribution in [-0.4, -0.2) is 47.9 Å². The Labute approximate surface area is 150 Å². The summed E-state index contributed by atoms with van der Waals surface area (Å²) in [5.74, 6) is -0.350. The number of rotatable bonds is 10. The lowest BCUT2D eigenvalue weighted by Gasteiger charge is -2.24. The summed E-state index contributed by atoms with van der Waals surface area (Å²) in [5.41, 5.74) is 5.04. The molecule has 0 saturated carbocycles. The number of ether oxygens (including phenoxy) is 1. The van der Waals surface area contributed by atoms with Crippen LogP contribution in [0.15, 0.2) is 0 Å². The molecule has 0 aromatic heterocycles. The van der Waals surface area contributed by atoms with Crippen molar-refractivity contribution in [1.29, 1.82) is 0 Å². The van der Waals surface area contributed by atoms with Gasteiger partial charge in [0.05, 0.1) is 18.7 Å². The third kappa shape index (κ3) is 6.74. The van der Waals surface area contributed by atoms with Gasteiger partial charge in [-0.3, -0.25) is 14.4 Å². The predicted octanol–water partition coefficient (Wildman–Crippen LogP) is 0.753. The molecule has 1 heterocycles. The molecular weight excluding hydrogens is 322 g/mol. The molecule has 2 amide bonds. The van der Waals surface area contributed by atoms with Crippen molar-refractivity contribution in [1.82, 2.24) is 10.6 Å². The maximum atomic E-state index is 12.5. The molecule has 0 bridgehead atoms. The van der Waals surface area contributed by atoms with Crippen molar-refractivity contribution in [2.75, 3.05) is 6.61 Å². The largest absolute Gasteiger partial charge is 0.361 e. The Morgan fingerprint density at radius 1 is 1.00 bits per heavy atom. The van der Waals surface area contributed by atoms with Gasteiger partial charge in [0.1, 0.15) is 11.6 Å². The van der Waals surface area contributed by atoms with Gasteiger partial charge in [0.15, 0.2) is 5.78 Å². The summed E-state index contributed by atoms with van der Waals surface area (Å²) in [5, 5.41) is 5.37. The molecule has 4 atom stereocenters. The van der Waals surface area contributed by atoms with Crippen LogP contribution in [0.5, 0.6) is 0 Å². The number of nitrogens with two attached hydrogens (primary N) is 1. The molecule has 1 aliphatic rings. The second-order valence-electron chi connectivity index (χ2n) is 8.04. The fourth-order valence-electron chi connectivity index (χ4n) is 2.62. The SMILES string of the molecule is CC(C)C[C@H](NC(=O)[C@H](C)NC(=O)[C@@H](N)CC(C)C)C(=O)[C@@]1(C)CO1. The van der Waals surface area contributed by atoms with Crippen LogP contribution in [0.4, 0.5) is 0 Å². The normalized spacial score (nSPS) is 23.1. The van der Waals surface area contributed by atoms with Crippen molar-refractivity contribution < 1.29 is 19.1 Å². The van der Waals surface area contributed by atoms with E-state index < -0.39 is 29.6 Å². The number of carbonyl (C=O) groups excluding carboxylic acids is 3. The average Bonchev–Trinajstić information content (AvgIpc) is 3.23. The summed E-state index contributed by atoms with van der Waals surface area (Å²) in [7, 11) is 0. The second-order valence-corrected chi connectivity index (χ2v) is 8.04. The van der Waals surface area contributed by atoms with E-state index >= 15 is 0 Å². The molecule has 0 spiro atoms. The molecule has 0 aliphatic carbocycles. The van der Waals surface area contributed by atoms with Gasteiger partial charge in [-0.15, -0.1) is 0 Å². The summed E-state index contributed by atoms with van der Waals surface area (Å²) in [6.45, 7) is 11.6. The number of amides is 2. The van der Waals surface area contributed by atoms with Gasteiger partial charge in [0.2, 0.25) is 11.8 Å². The lowest BCUT2D eigenvalue weighted by molar-refractivity contribution is -0.133. The number of ketones is 1. The molecule has 1 rings (SSSR count). The minimum absolute atomic E-state index is 0.121. The fraction of sp³-hybridized carbons (Fsp3) is 0.833. The van der Waals surface area contributed by atoms with E-state index in [0.29, 0.717) is 19.4 Å². The first-order valence-corrected chi connectivity index (χ1v) is 9.01. The van der Waals surface area contributed by atoms with Crippen LogP contribution in [0.1, 0.15) is 54.4 Å². The lowest BCUT2D eigenvalue weighted by Crippen LogP contribution is -2.54. The summed E-state index contributed by atoms with van der Waals surface area (Å²) >= 11 is 0. The highest BCUT2D eigenvalue weighted by atomic mass is 16.6. The zero-order chi connectivity index (χ0) is 19.4. The van der Waals surface area contributed by atoms with Gasteiger partial charge >= 0.3 is 0 Å². The molecule has 0 aromatic carbocycles. The lowest BCUT2D eigenvalue weighted by atomic mass is 9.93. The third-order valence-electron chi connectivity index (χ3n) is 4.25. The van der Waals surface area contributed by atoms with Crippen LogP contribution in [0.25, 0.3) is 0 Å². The summed E-state index contributed by atoms with van der Waals surface area (Å²) in [6, 6.07) is -2.04. The summed E-state index contributed by atoms with van der Waals surface area (Å²) < 4.78 is 5.21. The van der Waals surface area contributed by atoms with E-state index in [1.165, 1.54) is 0 Å². The molecule has 0 radical (unpaired) electrons. The Morgan fingerprint density at radius 3 is 1.96 bits per heavy atom. The van der Waals surface area contributed by atoms with E-state index in [1.807, 2.05) is 27.7 Å². The van der Waals surface area contributed by atoms with Crippen LogP contribution in [0, 0.1) is 11.8 Å². The topological polar surface area (TPSA) is 114 Å². The zero-order valence-corrected chi connectivity index (χ0v) is 16.2. The Bertz CT molecular complexity index is 501. The number of epoxide rings is 1. The minimum Gasteiger partial charge on any atom is -0.361 e. The fourth-order valence-corrected chi connectivity index (χ4v) is 2.62. The Hall–Kier alpha value is -1.47. The molecule has 4 N–H and O–H groups in total. The highest BCUT2D eigenvalue weighted by molar-refractivity contribution is 5.98. The van der Waals surface area contributed by atoms with Crippen LogP contribution in [0.2, 0.25) is 0 Å². The maximum Gasteiger partial charge on any atom is 0.242 e. The first-order chi connectivity index (χ1) is 11.5. The quantitative estimate of drug-likeness (QED) is 0.501. The Balaban J connectivity index is 2.63. The monoisotopic (exact) mass is 355 g/mol. The smallest absolute Gasteiger partial charge is 0.242 e. The van der Waals surface area contributed by atoms with Gasteiger partial charge < -0.3 is 21.1 Å². The van der Waals surface area contributed by atoms with Crippen LogP contribution in [-0.2, 0) is 19.1 Å². The Morgan fingerprint density at radius 2 is 1.52 bits per heavy atom. The van der Waals surface area contributed by atoms with Crippen molar-refractivity contribution >= 4 is 17.6 Å². The molecule has 1 fully saturated rings. The van der Waals surface area contributed by atoms with Crippen LogP contribution < -0.4 is 16.4 Å². The first kappa shape index (κ1) is 21.6. The standard InChI is InChI=1S/C18H33N3O4/c1-10(2)7-13(19)17(24)20-12(5)16(23)21-14(8-11(3)4)15(22)18(6)9-25-18/h10-14H,7-9,19H2,1-6H3,(H,20,24)(H,21,23)/t12-,13-,14-,18+/m0/s1. The van der Waals surface area contributed by atoms with E-state index in [9.17, 15) is 14.4 Å². The van der Waals surface area contributed by atoms with Crippen molar-refractivity contribution in [2.45, 2.75) is 78.1 Å². The van der Waals surface area contributed by atoms with Crippen LogP contribution in [0.3, 0.4) is 0 Å². The predicted molar refractivity (Wildman–Crippen MR) is 95.8 cm³/mol. The van der Waals surface area contributed by atoms with Gasteiger partial charge in [-0.1, -0.05) is 27.7 Å². The van der Waals surface area contributed by atoms with Crippen LogP contribution >= 0.6 is 0 Å². The van der Waals surface area contributed by atoms with E-state index in [1.54, 1.807) is 13.8 Å².